The smallest absolute Gasteiger partial charge is 0.158 e. The van der Waals surface area contributed by atoms with Crippen molar-refractivity contribution in [3.05, 3.63) is 11.9 Å². The summed E-state index contributed by atoms with van der Waals surface area (Å²) >= 11 is 0. The number of nitrogens with zero attached hydrogens (tertiary/aromatic N) is 3. The molecule has 0 aromatic carbocycles. The topological polar surface area (TPSA) is 59.5 Å². The zero-order valence-electron chi connectivity index (χ0n) is 12.4. The Morgan fingerprint density at radius 2 is 2.05 bits per heavy atom. The van der Waals surface area contributed by atoms with Crippen LogP contribution in [0.1, 0.15) is 19.7 Å². The summed E-state index contributed by atoms with van der Waals surface area (Å²) < 4.78 is 10.3. The van der Waals surface area contributed by atoms with Gasteiger partial charge in [0.15, 0.2) is 5.82 Å². The molecule has 0 saturated carbocycles. The van der Waals surface area contributed by atoms with Crippen LogP contribution >= 0.6 is 0 Å². The molecular weight excluding hydrogens is 244 g/mol. The van der Waals surface area contributed by atoms with Gasteiger partial charge in [-0.05, 0) is 13.8 Å². The summed E-state index contributed by atoms with van der Waals surface area (Å²) in [7, 11) is 5.34. The SMILES string of the molecule is CCNc1cc(N(C)C(C)COC)nc(COC)n1. The maximum Gasteiger partial charge on any atom is 0.158 e. The molecule has 1 N–H and O–H groups in total. The Morgan fingerprint density at radius 3 is 2.63 bits per heavy atom. The van der Waals surface area contributed by atoms with Crippen molar-refractivity contribution in [3.63, 3.8) is 0 Å². The average molecular weight is 268 g/mol. The third kappa shape index (κ3) is 4.65. The minimum absolute atomic E-state index is 0.241. The lowest BCUT2D eigenvalue weighted by atomic mass is 10.3. The molecule has 6 heteroatoms. The normalized spacial score (nSPS) is 12.3. The van der Waals surface area contributed by atoms with E-state index in [0.29, 0.717) is 19.0 Å². The van der Waals surface area contributed by atoms with Crippen LogP contribution in [0.15, 0.2) is 6.07 Å². The van der Waals surface area contributed by atoms with Crippen molar-refractivity contribution in [1.82, 2.24) is 9.97 Å². The van der Waals surface area contributed by atoms with Gasteiger partial charge in [0.25, 0.3) is 0 Å². The zero-order valence-corrected chi connectivity index (χ0v) is 12.4. The first-order chi connectivity index (χ1) is 9.12. The van der Waals surface area contributed by atoms with Crippen molar-refractivity contribution in [3.8, 4) is 0 Å². The van der Waals surface area contributed by atoms with Crippen LogP contribution in [-0.2, 0) is 16.1 Å². The van der Waals surface area contributed by atoms with Crippen LogP contribution < -0.4 is 10.2 Å². The Morgan fingerprint density at radius 1 is 1.32 bits per heavy atom. The van der Waals surface area contributed by atoms with Gasteiger partial charge in [-0.15, -0.1) is 0 Å². The lowest BCUT2D eigenvalue weighted by molar-refractivity contribution is 0.177. The molecule has 0 spiro atoms. The minimum Gasteiger partial charge on any atom is -0.383 e. The summed E-state index contributed by atoms with van der Waals surface area (Å²) in [4.78, 5) is 11.0. The molecule has 1 aromatic heterocycles. The highest BCUT2D eigenvalue weighted by molar-refractivity contribution is 5.49. The predicted molar refractivity (Wildman–Crippen MR) is 76.6 cm³/mol. The van der Waals surface area contributed by atoms with Crippen LogP contribution in [0.3, 0.4) is 0 Å². The third-order valence-corrected chi connectivity index (χ3v) is 2.82. The van der Waals surface area contributed by atoms with Gasteiger partial charge >= 0.3 is 0 Å². The van der Waals surface area contributed by atoms with Crippen molar-refractivity contribution in [2.45, 2.75) is 26.5 Å². The molecule has 1 rings (SSSR count). The molecule has 0 aliphatic rings. The number of hydrogen-bond donors (Lipinski definition) is 1. The molecule has 1 atom stereocenters. The van der Waals surface area contributed by atoms with E-state index in [4.69, 9.17) is 9.47 Å². The molecular formula is C13H24N4O2. The summed E-state index contributed by atoms with van der Waals surface area (Å²) in [5.41, 5.74) is 0. The van der Waals surface area contributed by atoms with E-state index in [0.717, 1.165) is 18.2 Å². The lowest BCUT2D eigenvalue weighted by Gasteiger charge is -2.26. The van der Waals surface area contributed by atoms with Gasteiger partial charge in [0.1, 0.15) is 18.2 Å². The van der Waals surface area contributed by atoms with E-state index in [9.17, 15) is 0 Å². The van der Waals surface area contributed by atoms with E-state index in [1.54, 1.807) is 14.2 Å². The third-order valence-electron chi connectivity index (χ3n) is 2.82. The van der Waals surface area contributed by atoms with Crippen molar-refractivity contribution in [2.24, 2.45) is 0 Å². The number of aromatic nitrogens is 2. The quantitative estimate of drug-likeness (QED) is 0.771. The first-order valence-corrected chi connectivity index (χ1v) is 6.44. The van der Waals surface area contributed by atoms with Gasteiger partial charge in [-0.1, -0.05) is 0 Å². The molecule has 0 fully saturated rings. The van der Waals surface area contributed by atoms with E-state index < -0.39 is 0 Å². The molecule has 0 saturated heterocycles. The maximum atomic E-state index is 5.18. The van der Waals surface area contributed by atoms with Gasteiger partial charge in [0.2, 0.25) is 0 Å². The second-order valence-corrected chi connectivity index (χ2v) is 4.41. The fraction of sp³-hybridized carbons (Fsp3) is 0.692. The van der Waals surface area contributed by atoms with Crippen LogP contribution in [0.25, 0.3) is 0 Å². The van der Waals surface area contributed by atoms with Crippen LogP contribution in [0.2, 0.25) is 0 Å². The number of rotatable bonds is 8. The fourth-order valence-corrected chi connectivity index (χ4v) is 1.71. The Labute approximate surface area is 115 Å². The van der Waals surface area contributed by atoms with E-state index in [1.807, 2.05) is 20.0 Å². The lowest BCUT2D eigenvalue weighted by Crippen LogP contribution is -2.33. The van der Waals surface area contributed by atoms with Gasteiger partial charge in [-0.3, -0.25) is 0 Å². The Balaban J connectivity index is 2.96. The molecule has 108 valence electrons. The number of ether oxygens (including phenoxy) is 2. The molecule has 0 aliphatic carbocycles. The number of anilines is 2. The first-order valence-electron chi connectivity index (χ1n) is 6.44. The second kappa shape index (κ2) is 7.91. The first kappa shape index (κ1) is 15.7. The van der Waals surface area contributed by atoms with E-state index in [2.05, 4.69) is 27.1 Å². The van der Waals surface area contributed by atoms with Gasteiger partial charge in [-0.25, -0.2) is 9.97 Å². The van der Waals surface area contributed by atoms with E-state index in [-0.39, 0.29) is 6.04 Å². The van der Waals surface area contributed by atoms with Crippen LogP contribution in [0.5, 0.6) is 0 Å². The van der Waals surface area contributed by atoms with Gasteiger partial charge < -0.3 is 19.7 Å². The molecule has 0 amide bonds. The van der Waals surface area contributed by atoms with Crippen LogP contribution in [-0.4, -0.2) is 50.4 Å². The summed E-state index contributed by atoms with van der Waals surface area (Å²) in [5.74, 6) is 2.35. The molecule has 0 bridgehead atoms. The number of nitrogens with one attached hydrogen (secondary N) is 1. The second-order valence-electron chi connectivity index (χ2n) is 4.41. The highest BCUT2D eigenvalue weighted by atomic mass is 16.5. The van der Waals surface area contributed by atoms with Crippen LogP contribution in [0, 0.1) is 0 Å². The molecule has 1 heterocycles. The van der Waals surface area contributed by atoms with Crippen LogP contribution in [0.4, 0.5) is 11.6 Å². The Hall–Kier alpha value is -1.40. The monoisotopic (exact) mass is 268 g/mol. The fourth-order valence-electron chi connectivity index (χ4n) is 1.71. The average Bonchev–Trinajstić information content (AvgIpc) is 2.38. The number of hydrogen-bond acceptors (Lipinski definition) is 6. The Bertz CT molecular complexity index is 363. The summed E-state index contributed by atoms with van der Waals surface area (Å²) in [6.07, 6.45) is 0. The molecule has 0 radical (unpaired) electrons. The van der Waals surface area contributed by atoms with Crippen molar-refractivity contribution in [2.75, 3.05) is 44.6 Å². The maximum absolute atomic E-state index is 5.18. The minimum atomic E-state index is 0.241. The largest absolute Gasteiger partial charge is 0.383 e. The Kier molecular flexibility index (Phi) is 6.52. The summed E-state index contributed by atoms with van der Waals surface area (Å²) in [5, 5.41) is 3.21. The predicted octanol–water partition coefficient (Wildman–Crippen LogP) is 1.53. The number of likely N-dealkylation sites (N-methyl/N-ethyl adjacent to an activating group) is 1. The van der Waals surface area contributed by atoms with Crippen molar-refractivity contribution < 1.29 is 9.47 Å². The molecule has 6 nitrogen and oxygen atoms in total. The van der Waals surface area contributed by atoms with E-state index in [1.165, 1.54) is 0 Å². The van der Waals surface area contributed by atoms with Crippen molar-refractivity contribution >= 4 is 11.6 Å². The molecule has 1 aromatic rings. The molecule has 0 aliphatic heterocycles. The van der Waals surface area contributed by atoms with Crippen molar-refractivity contribution in [1.29, 1.82) is 0 Å². The van der Waals surface area contributed by atoms with Gasteiger partial charge in [-0.2, -0.15) is 0 Å². The molecule has 1 unspecified atom stereocenters. The highest BCUT2D eigenvalue weighted by Crippen LogP contribution is 2.17. The number of methoxy groups -OCH3 is 2. The van der Waals surface area contributed by atoms with E-state index >= 15 is 0 Å². The summed E-state index contributed by atoms with van der Waals surface area (Å²) in [6.45, 7) is 6.00. The van der Waals surface area contributed by atoms with Gasteiger partial charge in [0, 0.05) is 33.9 Å². The van der Waals surface area contributed by atoms with Gasteiger partial charge in [0.05, 0.1) is 12.6 Å². The highest BCUT2D eigenvalue weighted by Gasteiger charge is 2.13. The summed E-state index contributed by atoms with van der Waals surface area (Å²) in [6, 6.07) is 2.18. The standard InChI is InChI=1S/C13H24N4O2/c1-6-14-11-7-13(16-12(15-11)9-19-5)17(3)10(2)8-18-4/h7,10H,6,8-9H2,1-5H3,(H,14,15,16). The zero-order chi connectivity index (χ0) is 14.3. The molecule has 19 heavy (non-hydrogen) atoms.